The third-order valence-electron chi connectivity index (χ3n) is 3.80. The molecule has 2 fully saturated rings. The Kier molecular flexibility index (Phi) is 5.95. The molecule has 2 aliphatic rings. The highest BCUT2D eigenvalue weighted by molar-refractivity contribution is 14.0. The quantitative estimate of drug-likeness (QED) is 0.463. The van der Waals surface area contributed by atoms with Gasteiger partial charge in [0.1, 0.15) is 5.67 Å². The summed E-state index contributed by atoms with van der Waals surface area (Å²) in [6, 6.07) is 0.492. The lowest BCUT2D eigenvalue weighted by Crippen LogP contribution is -2.39. The highest BCUT2D eigenvalue weighted by atomic mass is 127. The summed E-state index contributed by atoms with van der Waals surface area (Å²) in [6.45, 7) is 0.516. The second-order valence-electron chi connectivity index (χ2n) is 5.15. The van der Waals surface area contributed by atoms with Gasteiger partial charge in [-0.2, -0.15) is 0 Å². The topological polar surface area (TPSA) is 50.4 Å². The third-order valence-corrected chi connectivity index (χ3v) is 3.80. The summed E-state index contributed by atoms with van der Waals surface area (Å²) in [5, 5.41) is 3.21. The van der Waals surface area contributed by atoms with Crippen LogP contribution in [-0.2, 0) is 0 Å². The van der Waals surface area contributed by atoms with Gasteiger partial charge in [0.25, 0.3) is 0 Å². The molecule has 0 radical (unpaired) electrons. The zero-order valence-electron chi connectivity index (χ0n) is 10.3. The van der Waals surface area contributed by atoms with Crippen molar-refractivity contribution < 1.29 is 4.39 Å². The summed E-state index contributed by atoms with van der Waals surface area (Å²) >= 11 is 0. The molecule has 0 amide bonds. The number of nitrogens with zero attached hydrogens (tertiary/aromatic N) is 1. The van der Waals surface area contributed by atoms with Gasteiger partial charge in [0.2, 0.25) is 0 Å². The van der Waals surface area contributed by atoms with Gasteiger partial charge in [-0.05, 0) is 32.1 Å². The van der Waals surface area contributed by atoms with Crippen LogP contribution in [0.2, 0.25) is 0 Å². The van der Waals surface area contributed by atoms with Crippen molar-refractivity contribution in [1.82, 2.24) is 5.32 Å². The van der Waals surface area contributed by atoms with Crippen molar-refractivity contribution in [2.75, 3.05) is 6.54 Å². The van der Waals surface area contributed by atoms with Crippen LogP contribution in [0.25, 0.3) is 0 Å². The fourth-order valence-corrected chi connectivity index (χ4v) is 2.51. The Hall–Kier alpha value is -0.0700. The monoisotopic (exact) mass is 355 g/mol. The van der Waals surface area contributed by atoms with Crippen LogP contribution in [0.5, 0.6) is 0 Å². The van der Waals surface area contributed by atoms with Crippen LogP contribution in [0, 0.1) is 0 Å². The molecule has 0 heterocycles. The Labute approximate surface area is 120 Å². The molecular weight excluding hydrogens is 332 g/mol. The average Bonchev–Trinajstić information content (AvgIpc) is 2.68. The molecule has 3 nitrogen and oxygen atoms in total. The van der Waals surface area contributed by atoms with Gasteiger partial charge in [-0.15, -0.1) is 24.0 Å². The van der Waals surface area contributed by atoms with Crippen LogP contribution in [0.15, 0.2) is 4.99 Å². The number of nitrogens with two attached hydrogens (primary N) is 1. The van der Waals surface area contributed by atoms with Gasteiger partial charge < -0.3 is 11.1 Å². The number of alkyl halides is 1. The summed E-state index contributed by atoms with van der Waals surface area (Å²) in [5.74, 6) is 0.495. The Bertz CT molecular complexity index is 260. The predicted molar refractivity (Wildman–Crippen MR) is 79.6 cm³/mol. The average molecular weight is 355 g/mol. The van der Waals surface area contributed by atoms with Gasteiger partial charge in [-0.25, -0.2) is 4.39 Å². The smallest absolute Gasteiger partial charge is 0.188 e. The second kappa shape index (κ2) is 6.75. The van der Waals surface area contributed by atoms with E-state index in [1.54, 1.807) is 0 Å². The normalized spacial score (nSPS) is 23.9. The SMILES string of the molecule is I.NC(=NCCC1(F)CCC1)NC1CCCC1. The second-order valence-corrected chi connectivity index (χ2v) is 5.15. The Balaban J connectivity index is 0.00000144. The lowest BCUT2D eigenvalue weighted by Gasteiger charge is -2.33. The van der Waals surface area contributed by atoms with Crippen molar-refractivity contribution in [3.8, 4) is 0 Å². The number of hydrogen-bond donors (Lipinski definition) is 2. The minimum absolute atomic E-state index is 0. The zero-order chi connectivity index (χ0) is 11.4. The molecule has 100 valence electrons. The molecule has 5 heteroatoms. The minimum Gasteiger partial charge on any atom is -0.370 e. The first-order valence-electron chi connectivity index (χ1n) is 6.43. The summed E-state index contributed by atoms with van der Waals surface area (Å²) in [6.07, 6.45) is 7.89. The Morgan fingerprint density at radius 3 is 2.47 bits per heavy atom. The van der Waals surface area contributed by atoms with E-state index in [0.717, 1.165) is 6.42 Å². The highest BCUT2D eigenvalue weighted by Crippen LogP contribution is 2.38. The zero-order valence-corrected chi connectivity index (χ0v) is 12.6. The largest absolute Gasteiger partial charge is 0.370 e. The molecule has 2 rings (SSSR count). The Morgan fingerprint density at radius 2 is 1.94 bits per heavy atom. The summed E-state index contributed by atoms with van der Waals surface area (Å²) in [5.41, 5.74) is 4.83. The van der Waals surface area contributed by atoms with Crippen molar-refractivity contribution in [3.63, 3.8) is 0 Å². The van der Waals surface area contributed by atoms with Crippen LogP contribution in [0.3, 0.4) is 0 Å². The van der Waals surface area contributed by atoms with E-state index in [4.69, 9.17) is 5.73 Å². The first-order chi connectivity index (χ1) is 7.68. The van der Waals surface area contributed by atoms with Gasteiger partial charge in [-0.1, -0.05) is 12.8 Å². The molecule has 0 saturated heterocycles. The third kappa shape index (κ3) is 4.60. The van der Waals surface area contributed by atoms with Gasteiger partial charge in [-0.3, -0.25) is 4.99 Å². The molecule has 0 aliphatic heterocycles. The molecule has 3 N–H and O–H groups in total. The van der Waals surface area contributed by atoms with Crippen LogP contribution in [0.4, 0.5) is 4.39 Å². The van der Waals surface area contributed by atoms with Crippen LogP contribution in [0.1, 0.15) is 51.4 Å². The van der Waals surface area contributed by atoms with Gasteiger partial charge in [0.05, 0.1) is 0 Å². The highest BCUT2D eigenvalue weighted by Gasteiger charge is 2.36. The molecule has 0 bridgehead atoms. The Morgan fingerprint density at radius 1 is 1.29 bits per heavy atom. The van der Waals surface area contributed by atoms with E-state index in [0.29, 0.717) is 37.8 Å². The van der Waals surface area contributed by atoms with Crippen molar-refractivity contribution in [2.45, 2.75) is 63.1 Å². The van der Waals surface area contributed by atoms with Gasteiger partial charge in [0, 0.05) is 19.0 Å². The van der Waals surface area contributed by atoms with E-state index >= 15 is 0 Å². The molecule has 0 unspecified atom stereocenters. The lowest BCUT2D eigenvalue weighted by atomic mass is 9.80. The van der Waals surface area contributed by atoms with Gasteiger partial charge in [0.15, 0.2) is 5.96 Å². The van der Waals surface area contributed by atoms with Gasteiger partial charge >= 0.3 is 0 Å². The van der Waals surface area contributed by atoms with E-state index in [1.807, 2.05) is 0 Å². The lowest BCUT2D eigenvalue weighted by molar-refractivity contribution is 0.0568. The molecule has 2 aliphatic carbocycles. The maximum Gasteiger partial charge on any atom is 0.188 e. The molecule has 0 aromatic carbocycles. The first kappa shape index (κ1) is 15.0. The van der Waals surface area contributed by atoms with Crippen LogP contribution in [-0.4, -0.2) is 24.2 Å². The molecule has 0 spiro atoms. The van der Waals surface area contributed by atoms with Crippen molar-refractivity contribution >= 4 is 29.9 Å². The molecule has 17 heavy (non-hydrogen) atoms. The van der Waals surface area contributed by atoms with Crippen molar-refractivity contribution in [2.24, 2.45) is 10.7 Å². The van der Waals surface area contributed by atoms with E-state index in [9.17, 15) is 4.39 Å². The fourth-order valence-electron chi connectivity index (χ4n) is 2.51. The summed E-state index contributed by atoms with van der Waals surface area (Å²) in [7, 11) is 0. The standard InChI is InChI=1S/C12H22FN3.HI/c13-12(6-3-7-12)8-9-15-11(14)16-10-4-1-2-5-10;/h10H,1-9H2,(H3,14,15,16);1H. The number of nitrogens with one attached hydrogen (secondary N) is 1. The minimum atomic E-state index is -0.933. The van der Waals surface area contributed by atoms with E-state index in [-0.39, 0.29) is 24.0 Å². The number of guanidine groups is 1. The van der Waals surface area contributed by atoms with E-state index in [1.165, 1.54) is 25.7 Å². The number of halogens is 2. The molecule has 0 atom stereocenters. The number of aliphatic imine (C=N–C) groups is 1. The van der Waals surface area contributed by atoms with E-state index in [2.05, 4.69) is 10.3 Å². The predicted octanol–water partition coefficient (Wildman–Crippen LogP) is 2.73. The van der Waals surface area contributed by atoms with Crippen molar-refractivity contribution in [1.29, 1.82) is 0 Å². The molecule has 2 saturated carbocycles. The van der Waals surface area contributed by atoms with Crippen molar-refractivity contribution in [3.05, 3.63) is 0 Å². The molecular formula is C12H23FIN3. The number of rotatable bonds is 4. The summed E-state index contributed by atoms with van der Waals surface area (Å²) in [4.78, 5) is 4.20. The first-order valence-corrected chi connectivity index (χ1v) is 6.43. The van der Waals surface area contributed by atoms with Crippen LogP contribution >= 0.6 is 24.0 Å². The van der Waals surface area contributed by atoms with Crippen LogP contribution < -0.4 is 11.1 Å². The van der Waals surface area contributed by atoms with E-state index < -0.39 is 5.67 Å². The molecule has 0 aromatic rings. The fraction of sp³-hybridized carbons (Fsp3) is 0.917. The maximum absolute atomic E-state index is 13.6. The summed E-state index contributed by atoms with van der Waals surface area (Å²) < 4.78 is 13.6. The maximum atomic E-state index is 13.6. The number of hydrogen-bond acceptors (Lipinski definition) is 1. The molecule has 0 aromatic heterocycles.